The third-order valence-electron chi connectivity index (χ3n) is 1.64. The van der Waals surface area contributed by atoms with E-state index in [1.54, 1.807) is 0 Å². The monoisotopic (exact) mass is 158 g/mol. The lowest BCUT2D eigenvalue weighted by Crippen LogP contribution is -2.44. The zero-order valence-corrected chi connectivity index (χ0v) is 7.16. The van der Waals surface area contributed by atoms with Crippen LogP contribution in [0.15, 0.2) is 0 Å². The molecule has 0 aliphatic carbocycles. The molecule has 1 fully saturated rings. The summed E-state index contributed by atoms with van der Waals surface area (Å²) in [6.45, 7) is 5.58. The van der Waals surface area contributed by atoms with Crippen LogP contribution < -0.4 is 0 Å². The molecule has 0 saturated carbocycles. The van der Waals surface area contributed by atoms with Gasteiger partial charge in [-0.25, -0.2) is 0 Å². The van der Waals surface area contributed by atoms with Gasteiger partial charge in [0.15, 0.2) is 5.79 Å². The molecule has 0 aromatic carbocycles. The summed E-state index contributed by atoms with van der Waals surface area (Å²) >= 11 is 0. The highest BCUT2D eigenvalue weighted by molar-refractivity contribution is 5.56. The third kappa shape index (κ3) is 2.27. The Bertz CT molecular complexity index is 153. The minimum Gasteiger partial charge on any atom is -0.347 e. The first-order chi connectivity index (χ1) is 5.03. The van der Waals surface area contributed by atoms with Gasteiger partial charge in [0, 0.05) is 6.42 Å². The van der Waals surface area contributed by atoms with Crippen molar-refractivity contribution in [2.75, 3.05) is 0 Å². The van der Waals surface area contributed by atoms with Gasteiger partial charge in [-0.3, -0.25) is 0 Å². The van der Waals surface area contributed by atoms with Crippen LogP contribution in [-0.4, -0.2) is 24.3 Å². The van der Waals surface area contributed by atoms with E-state index in [0.717, 1.165) is 6.29 Å². The smallest absolute Gasteiger partial charge is 0.164 e. The van der Waals surface area contributed by atoms with Crippen LogP contribution in [0.5, 0.6) is 0 Å². The lowest BCUT2D eigenvalue weighted by molar-refractivity contribution is -0.287. The topological polar surface area (TPSA) is 35.5 Å². The average Bonchev–Trinajstić information content (AvgIpc) is 1.83. The molecule has 2 atom stereocenters. The van der Waals surface area contributed by atoms with E-state index in [1.165, 1.54) is 0 Å². The average molecular weight is 158 g/mol. The quantitative estimate of drug-likeness (QED) is 0.536. The number of carbonyl (C=O) groups is 1. The largest absolute Gasteiger partial charge is 0.347 e. The van der Waals surface area contributed by atoms with Gasteiger partial charge in [-0.2, -0.15) is 0 Å². The molecule has 1 aliphatic heterocycles. The summed E-state index contributed by atoms with van der Waals surface area (Å²) in [5.41, 5.74) is 0. The van der Waals surface area contributed by atoms with Gasteiger partial charge in [0.2, 0.25) is 0 Å². The van der Waals surface area contributed by atoms with Gasteiger partial charge in [-0.15, -0.1) is 0 Å². The second-order valence-corrected chi connectivity index (χ2v) is 3.36. The number of ether oxygens (including phenoxy) is 2. The number of hydrogen-bond acceptors (Lipinski definition) is 3. The van der Waals surface area contributed by atoms with Crippen molar-refractivity contribution in [3.63, 3.8) is 0 Å². The molecule has 0 unspecified atom stereocenters. The molecule has 1 rings (SSSR count). The normalized spacial score (nSPS) is 36.6. The zero-order valence-electron chi connectivity index (χ0n) is 7.16. The minimum atomic E-state index is -0.608. The van der Waals surface area contributed by atoms with Crippen LogP contribution >= 0.6 is 0 Å². The molecule has 0 radical (unpaired) electrons. The van der Waals surface area contributed by atoms with E-state index < -0.39 is 5.79 Å². The number of aldehydes is 1. The molecule has 1 heterocycles. The van der Waals surface area contributed by atoms with E-state index >= 15 is 0 Å². The summed E-state index contributed by atoms with van der Waals surface area (Å²) in [5.74, 6) is -0.608. The van der Waals surface area contributed by atoms with E-state index in [4.69, 9.17) is 9.47 Å². The maximum atomic E-state index is 10.4. The van der Waals surface area contributed by atoms with Crippen LogP contribution in [0.1, 0.15) is 27.2 Å². The predicted octanol–water partition coefficient (Wildman–Crippen LogP) is 1.12. The molecule has 0 amide bonds. The summed E-state index contributed by atoms with van der Waals surface area (Å²) in [6.07, 6.45) is 1.30. The van der Waals surface area contributed by atoms with E-state index in [2.05, 4.69) is 0 Å². The van der Waals surface area contributed by atoms with Crippen molar-refractivity contribution in [2.24, 2.45) is 0 Å². The van der Waals surface area contributed by atoms with E-state index in [-0.39, 0.29) is 12.2 Å². The lowest BCUT2D eigenvalue weighted by Gasteiger charge is -2.37. The summed E-state index contributed by atoms with van der Waals surface area (Å²) in [7, 11) is 0. The Kier molecular flexibility index (Phi) is 2.30. The van der Waals surface area contributed by atoms with Crippen LogP contribution in [0.2, 0.25) is 0 Å². The summed E-state index contributed by atoms with van der Waals surface area (Å²) in [6, 6.07) is 0. The lowest BCUT2D eigenvalue weighted by atomic mass is 10.1. The molecule has 1 saturated heterocycles. The standard InChI is InChI=1S/C8H14O3/c1-6-4-7(5-9)11-8(2,3)10-6/h5-7H,4H2,1-3H3/t6-,7+/m0/s1. The van der Waals surface area contributed by atoms with Crippen LogP contribution in [0.4, 0.5) is 0 Å². The molecule has 3 heteroatoms. The van der Waals surface area contributed by atoms with Crippen LogP contribution in [-0.2, 0) is 14.3 Å². The van der Waals surface area contributed by atoms with Crippen molar-refractivity contribution in [1.29, 1.82) is 0 Å². The summed E-state index contributed by atoms with van der Waals surface area (Å²) < 4.78 is 10.7. The van der Waals surface area contributed by atoms with Gasteiger partial charge in [0.25, 0.3) is 0 Å². The Morgan fingerprint density at radius 3 is 2.55 bits per heavy atom. The van der Waals surface area contributed by atoms with Crippen molar-refractivity contribution >= 4 is 6.29 Å². The first kappa shape index (κ1) is 8.68. The van der Waals surface area contributed by atoms with Gasteiger partial charge in [0.1, 0.15) is 12.4 Å². The Hall–Kier alpha value is -0.410. The van der Waals surface area contributed by atoms with E-state index in [0.29, 0.717) is 6.42 Å². The molecule has 0 aromatic heterocycles. The minimum absolute atomic E-state index is 0.106. The highest BCUT2D eigenvalue weighted by atomic mass is 16.7. The van der Waals surface area contributed by atoms with Crippen molar-refractivity contribution in [1.82, 2.24) is 0 Å². The summed E-state index contributed by atoms with van der Waals surface area (Å²) in [4.78, 5) is 10.4. The van der Waals surface area contributed by atoms with Gasteiger partial charge >= 0.3 is 0 Å². The van der Waals surface area contributed by atoms with Crippen molar-refractivity contribution < 1.29 is 14.3 Å². The second kappa shape index (κ2) is 2.91. The fourth-order valence-corrected chi connectivity index (χ4v) is 1.38. The maximum Gasteiger partial charge on any atom is 0.164 e. The Labute approximate surface area is 66.7 Å². The van der Waals surface area contributed by atoms with Gasteiger partial charge < -0.3 is 14.3 Å². The van der Waals surface area contributed by atoms with Crippen molar-refractivity contribution in [3.8, 4) is 0 Å². The van der Waals surface area contributed by atoms with Gasteiger partial charge in [0.05, 0.1) is 6.10 Å². The third-order valence-corrected chi connectivity index (χ3v) is 1.64. The Morgan fingerprint density at radius 2 is 2.09 bits per heavy atom. The van der Waals surface area contributed by atoms with Crippen LogP contribution in [0.25, 0.3) is 0 Å². The molecule has 0 bridgehead atoms. The van der Waals surface area contributed by atoms with Crippen LogP contribution in [0, 0.1) is 0 Å². The first-order valence-electron chi connectivity index (χ1n) is 3.84. The molecule has 64 valence electrons. The first-order valence-corrected chi connectivity index (χ1v) is 3.84. The van der Waals surface area contributed by atoms with Crippen molar-refractivity contribution in [3.05, 3.63) is 0 Å². The molecule has 11 heavy (non-hydrogen) atoms. The molecule has 0 spiro atoms. The van der Waals surface area contributed by atoms with Crippen LogP contribution in [0.3, 0.4) is 0 Å². The number of rotatable bonds is 1. The predicted molar refractivity (Wildman–Crippen MR) is 40.2 cm³/mol. The van der Waals surface area contributed by atoms with E-state index in [9.17, 15) is 4.79 Å². The number of carbonyl (C=O) groups excluding carboxylic acids is 1. The van der Waals surface area contributed by atoms with Crippen molar-refractivity contribution in [2.45, 2.75) is 45.2 Å². The fourth-order valence-electron chi connectivity index (χ4n) is 1.38. The Balaban J connectivity index is 2.57. The highest BCUT2D eigenvalue weighted by Crippen LogP contribution is 2.25. The maximum absolute atomic E-state index is 10.4. The van der Waals surface area contributed by atoms with E-state index in [1.807, 2.05) is 20.8 Å². The molecule has 0 N–H and O–H groups in total. The molecular formula is C8H14O3. The Morgan fingerprint density at radius 1 is 1.45 bits per heavy atom. The molecule has 3 nitrogen and oxygen atoms in total. The SMILES string of the molecule is C[C@H]1C[C@H](C=O)OC(C)(C)O1. The number of hydrogen-bond donors (Lipinski definition) is 0. The highest BCUT2D eigenvalue weighted by Gasteiger charge is 2.32. The van der Waals surface area contributed by atoms with Gasteiger partial charge in [-0.1, -0.05) is 0 Å². The second-order valence-electron chi connectivity index (χ2n) is 3.36. The fraction of sp³-hybridized carbons (Fsp3) is 0.875. The molecule has 1 aliphatic rings. The zero-order chi connectivity index (χ0) is 8.48. The van der Waals surface area contributed by atoms with Gasteiger partial charge in [-0.05, 0) is 20.8 Å². The molecule has 0 aromatic rings. The molecular weight excluding hydrogens is 144 g/mol. The summed E-state index contributed by atoms with van der Waals surface area (Å²) in [5, 5.41) is 0.